The minimum absolute atomic E-state index is 0.148. The zero-order valence-electron chi connectivity index (χ0n) is 14.7. The number of hydrogen-bond donors (Lipinski definition) is 2. The molecule has 0 saturated heterocycles. The molecule has 7 nitrogen and oxygen atoms in total. The molecule has 2 N–H and O–H groups in total. The third-order valence-electron chi connectivity index (χ3n) is 3.74. The number of methoxy groups -OCH3 is 1. The van der Waals surface area contributed by atoms with Crippen LogP contribution in [0.1, 0.15) is 26.5 Å². The molecule has 0 fully saturated rings. The zero-order chi connectivity index (χ0) is 19.1. The van der Waals surface area contributed by atoms with Gasteiger partial charge in [0.2, 0.25) is 0 Å². The van der Waals surface area contributed by atoms with Gasteiger partial charge in [0.05, 0.1) is 7.11 Å². The largest absolute Gasteiger partial charge is 0.497 e. The predicted octanol–water partition coefficient (Wildman–Crippen LogP) is 2.67. The lowest BCUT2D eigenvalue weighted by atomic mass is 10.2. The molecule has 7 heteroatoms. The number of aromatic nitrogens is 2. The van der Waals surface area contributed by atoms with Crippen molar-refractivity contribution in [3.05, 3.63) is 83.9 Å². The summed E-state index contributed by atoms with van der Waals surface area (Å²) in [5.41, 5.74) is 1.82. The van der Waals surface area contributed by atoms with E-state index in [0.717, 1.165) is 5.56 Å². The fraction of sp³-hybridized carbons (Fsp3) is 0.100. The maximum absolute atomic E-state index is 12.4. The molecule has 0 saturated carbocycles. The molecule has 3 aromatic rings. The highest BCUT2D eigenvalue weighted by atomic mass is 16.5. The summed E-state index contributed by atoms with van der Waals surface area (Å²) in [7, 11) is 1.55. The van der Waals surface area contributed by atoms with Crippen LogP contribution in [-0.4, -0.2) is 28.9 Å². The first-order chi connectivity index (χ1) is 13.2. The van der Waals surface area contributed by atoms with E-state index in [1.807, 2.05) is 12.1 Å². The second-order valence-electron chi connectivity index (χ2n) is 5.63. The maximum atomic E-state index is 12.4. The molecule has 0 bridgehead atoms. The lowest BCUT2D eigenvalue weighted by Crippen LogP contribution is -2.25. The van der Waals surface area contributed by atoms with Gasteiger partial charge >= 0.3 is 0 Å². The van der Waals surface area contributed by atoms with E-state index in [-0.39, 0.29) is 17.3 Å². The number of rotatable bonds is 6. The Morgan fingerprint density at radius 1 is 0.963 bits per heavy atom. The fourth-order valence-electron chi connectivity index (χ4n) is 2.36. The fourth-order valence-corrected chi connectivity index (χ4v) is 2.36. The molecular formula is C20H18N4O3. The van der Waals surface area contributed by atoms with Gasteiger partial charge in [-0.05, 0) is 42.0 Å². The Labute approximate surface area is 156 Å². The van der Waals surface area contributed by atoms with Gasteiger partial charge in [-0.1, -0.05) is 12.1 Å². The van der Waals surface area contributed by atoms with Crippen LogP contribution in [0.15, 0.2) is 67.0 Å². The molecule has 0 radical (unpaired) electrons. The first-order valence-electron chi connectivity index (χ1n) is 8.25. The highest BCUT2D eigenvalue weighted by Gasteiger charge is 2.13. The lowest BCUT2D eigenvalue weighted by molar-refractivity contribution is 0.0945. The van der Waals surface area contributed by atoms with Crippen LogP contribution >= 0.6 is 0 Å². The van der Waals surface area contributed by atoms with E-state index in [9.17, 15) is 9.59 Å². The number of nitrogens with one attached hydrogen (secondary N) is 2. The molecule has 0 spiro atoms. The number of nitrogens with zero attached hydrogens (tertiary/aromatic N) is 2. The number of amides is 2. The average Bonchev–Trinajstić information content (AvgIpc) is 2.73. The maximum Gasteiger partial charge on any atom is 0.274 e. The Bertz CT molecular complexity index is 945. The number of carbonyl (C=O) groups is 2. The molecule has 1 aromatic carbocycles. The van der Waals surface area contributed by atoms with Gasteiger partial charge in [-0.3, -0.25) is 14.6 Å². The third-order valence-corrected chi connectivity index (χ3v) is 3.74. The quantitative estimate of drug-likeness (QED) is 0.703. The van der Waals surface area contributed by atoms with E-state index in [4.69, 9.17) is 4.74 Å². The van der Waals surface area contributed by atoms with E-state index in [1.165, 1.54) is 0 Å². The number of ether oxygens (including phenoxy) is 1. The van der Waals surface area contributed by atoms with Crippen LogP contribution in [0.4, 0.5) is 5.69 Å². The van der Waals surface area contributed by atoms with Crippen molar-refractivity contribution >= 4 is 17.5 Å². The molecule has 136 valence electrons. The van der Waals surface area contributed by atoms with Crippen molar-refractivity contribution < 1.29 is 14.3 Å². The minimum atomic E-state index is -0.410. The van der Waals surface area contributed by atoms with E-state index < -0.39 is 5.91 Å². The standard InChI is InChI=1S/C20H18N4O3/c1-27-16-5-2-4-15(12-16)23-20(26)18-7-3-6-17(24-18)19(25)22-13-14-8-10-21-11-9-14/h2-12H,13H2,1H3,(H,22,25)(H,23,26). The number of benzene rings is 1. The van der Waals surface area contributed by atoms with Crippen LogP contribution in [-0.2, 0) is 6.54 Å². The molecule has 0 unspecified atom stereocenters. The molecule has 0 aliphatic carbocycles. The summed E-state index contributed by atoms with van der Waals surface area (Å²) in [6.07, 6.45) is 3.31. The highest BCUT2D eigenvalue weighted by Crippen LogP contribution is 2.17. The third kappa shape index (κ3) is 4.88. The summed E-state index contributed by atoms with van der Waals surface area (Å²) in [6, 6.07) is 15.3. The zero-order valence-corrected chi connectivity index (χ0v) is 14.7. The first-order valence-corrected chi connectivity index (χ1v) is 8.25. The number of hydrogen-bond acceptors (Lipinski definition) is 5. The molecule has 0 aliphatic rings. The molecule has 0 aliphatic heterocycles. The summed E-state index contributed by atoms with van der Waals surface area (Å²) in [4.78, 5) is 32.8. The van der Waals surface area contributed by atoms with Crippen LogP contribution in [0.3, 0.4) is 0 Å². The normalized spacial score (nSPS) is 10.1. The van der Waals surface area contributed by atoms with E-state index in [2.05, 4.69) is 20.6 Å². The summed E-state index contributed by atoms with van der Waals surface area (Å²) in [5.74, 6) is -0.139. The summed E-state index contributed by atoms with van der Waals surface area (Å²) in [5, 5.41) is 5.51. The Morgan fingerprint density at radius 2 is 1.67 bits per heavy atom. The van der Waals surface area contributed by atoms with Gasteiger partial charge in [0.25, 0.3) is 11.8 Å². The van der Waals surface area contributed by atoms with Gasteiger partial charge in [0, 0.05) is 30.7 Å². The van der Waals surface area contributed by atoms with Crippen LogP contribution in [0.2, 0.25) is 0 Å². The van der Waals surface area contributed by atoms with Gasteiger partial charge in [-0.25, -0.2) is 4.98 Å². The number of pyridine rings is 2. The van der Waals surface area contributed by atoms with Crippen molar-refractivity contribution in [1.29, 1.82) is 0 Å². The van der Waals surface area contributed by atoms with Crippen LogP contribution in [0.25, 0.3) is 0 Å². The minimum Gasteiger partial charge on any atom is -0.497 e. The molecule has 0 atom stereocenters. The van der Waals surface area contributed by atoms with E-state index in [0.29, 0.717) is 18.0 Å². The smallest absolute Gasteiger partial charge is 0.274 e. The van der Waals surface area contributed by atoms with Gasteiger partial charge < -0.3 is 15.4 Å². The molecular weight excluding hydrogens is 344 g/mol. The molecule has 2 aromatic heterocycles. The monoisotopic (exact) mass is 362 g/mol. The van der Waals surface area contributed by atoms with Gasteiger partial charge in [0.1, 0.15) is 17.1 Å². The van der Waals surface area contributed by atoms with Gasteiger partial charge in [-0.2, -0.15) is 0 Å². The Morgan fingerprint density at radius 3 is 2.41 bits per heavy atom. The van der Waals surface area contributed by atoms with Gasteiger partial charge in [0.15, 0.2) is 0 Å². The molecule has 2 heterocycles. The SMILES string of the molecule is COc1cccc(NC(=O)c2cccc(C(=O)NCc3ccncc3)n2)c1. The summed E-state index contributed by atoms with van der Waals surface area (Å²) in [6.45, 7) is 0.350. The Kier molecular flexibility index (Phi) is 5.73. The summed E-state index contributed by atoms with van der Waals surface area (Å²) < 4.78 is 5.13. The lowest BCUT2D eigenvalue weighted by Gasteiger charge is -2.08. The predicted molar refractivity (Wildman–Crippen MR) is 101 cm³/mol. The van der Waals surface area contributed by atoms with Crippen molar-refractivity contribution in [3.63, 3.8) is 0 Å². The first kappa shape index (κ1) is 18.1. The van der Waals surface area contributed by atoms with Crippen molar-refractivity contribution in [1.82, 2.24) is 15.3 Å². The summed E-state index contributed by atoms with van der Waals surface area (Å²) >= 11 is 0. The number of anilines is 1. The van der Waals surface area contributed by atoms with Crippen LogP contribution < -0.4 is 15.4 Å². The molecule has 2 amide bonds. The van der Waals surface area contributed by atoms with Crippen molar-refractivity contribution in [3.8, 4) is 5.75 Å². The second kappa shape index (κ2) is 8.57. The van der Waals surface area contributed by atoms with E-state index >= 15 is 0 Å². The second-order valence-corrected chi connectivity index (χ2v) is 5.63. The highest BCUT2D eigenvalue weighted by molar-refractivity contribution is 6.03. The molecule has 27 heavy (non-hydrogen) atoms. The van der Waals surface area contributed by atoms with Crippen LogP contribution in [0, 0.1) is 0 Å². The van der Waals surface area contributed by atoms with Gasteiger partial charge in [-0.15, -0.1) is 0 Å². The van der Waals surface area contributed by atoms with Crippen molar-refractivity contribution in [2.45, 2.75) is 6.54 Å². The van der Waals surface area contributed by atoms with E-state index in [1.54, 1.807) is 62.0 Å². The van der Waals surface area contributed by atoms with Crippen LogP contribution in [0.5, 0.6) is 5.75 Å². The molecule has 3 rings (SSSR count). The average molecular weight is 362 g/mol. The number of carbonyl (C=O) groups excluding carboxylic acids is 2. The van der Waals surface area contributed by atoms with Crippen molar-refractivity contribution in [2.75, 3.05) is 12.4 Å². The van der Waals surface area contributed by atoms with Crippen molar-refractivity contribution in [2.24, 2.45) is 0 Å². The Hall–Kier alpha value is -3.74. The topological polar surface area (TPSA) is 93.2 Å². The Balaban J connectivity index is 1.66.